The summed E-state index contributed by atoms with van der Waals surface area (Å²) in [5.74, 6) is 0. The van der Waals surface area contributed by atoms with Crippen molar-refractivity contribution in [3.05, 3.63) is 40.4 Å². The molecule has 1 aromatic carbocycles. The largest absolute Gasteiger partial charge is 0.0883 e. The number of benzene rings is 1. The minimum absolute atomic E-state index is 0.812. The number of rotatable bonds is 2. The van der Waals surface area contributed by atoms with Crippen molar-refractivity contribution in [1.82, 2.24) is 0 Å². The molecule has 0 nitrogen and oxygen atoms in total. The molecular formula is C10H10BrCl. The molecule has 0 heterocycles. The van der Waals surface area contributed by atoms with Gasteiger partial charge in [0.2, 0.25) is 0 Å². The number of halogens is 2. The molecule has 0 unspecified atom stereocenters. The third-order valence-electron chi connectivity index (χ3n) is 1.64. The Morgan fingerprint density at radius 3 is 2.83 bits per heavy atom. The summed E-state index contributed by atoms with van der Waals surface area (Å²) in [5.41, 5.74) is 2.32. The molecule has 0 aliphatic rings. The quantitative estimate of drug-likeness (QED) is 0.690. The highest BCUT2D eigenvalue weighted by Crippen LogP contribution is 2.20. The van der Waals surface area contributed by atoms with E-state index < -0.39 is 0 Å². The summed E-state index contributed by atoms with van der Waals surface area (Å²) in [4.78, 5) is 0. The smallest absolute Gasteiger partial charge is 0.0480 e. The van der Waals surface area contributed by atoms with Crippen molar-refractivity contribution >= 4 is 33.6 Å². The summed E-state index contributed by atoms with van der Waals surface area (Å²) >= 11 is 9.32. The van der Waals surface area contributed by atoms with Crippen molar-refractivity contribution in [2.45, 2.75) is 6.92 Å². The molecule has 0 spiro atoms. The molecule has 0 bridgehead atoms. The monoisotopic (exact) mass is 244 g/mol. The lowest BCUT2D eigenvalue weighted by molar-refractivity contribution is 1.44. The van der Waals surface area contributed by atoms with E-state index in [1.54, 1.807) is 0 Å². The fourth-order valence-corrected chi connectivity index (χ4v) is 1.49. The van der Waals surface area contributed by atoms with Gasteiger partial charge < -0.3 is 0 Å². The summed E-state index contributed by atoms with van der Waals surface area (Å²) < 4.78 is 0. The van der Waals surface area contributed by atoms with Gasteiger partial charge in [0, 0.05) is 10.4 Å². The second-order valence-corrected chi connectivity index (χ2v) is 3.58. The lowest BCUT2D eigenvalue weighted by atomic mass is 10.1. The van der Waals surface area contributed by atoms with E-state index in [1.165, 1.54) is 5.56 Å². The molecule has 64 valence electrons. The normalized spacial score (nSPS) is 10.9. The average molecular weight is 246 g/mol. The predicted molar refractivity (Wildman–Crippen MR) is 59.0 cm³/mol. The van der Waals surface area contributed by atoms with Gasteiger partial charge in [0.1, 0.15) is 0 Å². The lowest BCUT2D eigenvalue weighted by Gasteiger charge is -2.01. The van der Waals surface area contributed by atoms with Crippen LogP contribution in [-0.4, -0.2) is 5.33 Å². The minimum atomic E-state index is 0.812. The van der Waals surface area contributed by atoms with Crippen molar-refractivity contribution in [3.63, 3.8) is 0 Å². The molecule has 0 aliphatic carbocycles. The molecule has 0 aromatic heterocycles. The van der Waals surface area contributed by atoms with Crippen molar-refractivity contribution in [3.8, 4) is 0 Å². The van der Waals surface area contributed by atoms with E-state index in [4.69, 9.17) is 11.6 Å². The second-order valence-electron chi connectivity index (χ2n) is 2.53. The molecule has 0 saturated heterocycles. The highest BCUT2D eigenvalue weighted by Gasteiger charge is 1.97. The molecule has 2 heteroatoms. The van der Waals surface area contributed by atoms with Gasteiger partial charge in [0.05, 0.1) is 0 Å². The van der Waals surface area contributed by atoms with Crippen LogP contribution in [-0.2, 0) is 0 Å². The van der Waals surface area contributed by atoms with Gasteiger partial charge in [-0.2, -0.15) is 0 Å². The first-order chi connectivity index (χ1) is 5.75. The summed E-state index contributed by atoms with van der Waals surface area (Å²) in [6, 6.07) is 5.92. The third kappa shape index (κ3) is 2.36. The standard InChI is InChI=1S/C10H10BrCl/c1-8-4-2-6-10(12)9(8)5-3-7-11/h2-6H,7H2,1H3. The first-order valence-electron chi connectivity index (χ1n) is 3.73. The van der Waals surface area contributed by atoms with Gasteiger partial charge in [-0.25, -0.2) is 0 Å². The maximum atomic E-state index is 6.00. The van der Waals surface area contributed by atoms with Crippen molar-refractivity contribution < 1.29 is 0 Å². The van der Waals surface area contributed by atoms with Crippen molar-refractivity contribution in [2.75, 3.05) is 5.33 Å². The Labute approximate surface area is 86.4 Å². The Morgan fingerprint density at radius 2 is 2.25 bits per heavy atom. The fraction of sp³-hybridized carbons (Fsp3) is 0.200. The lowest BCUT2D eigenvalue weighted by Crippen LogP contribution is -1.81. The first-order valence-corrected chi connectivity index (χ1v) is 5.23. The molecule has 1 aromatic rings. The topological polar surface area (TPSA) is 0 Å². The Balaban J connectivity index is 3.04. The van der Waals surface area contributed by atoms with Gasteiger partial charge >= 0.3 is 0 Å². The van der Waals surface area contributed by atoms with Crippen molar-refractivity contribution in [1.29, 1.82) is 0 Å². The van der Waals surface area contributed by atoms with Gasteiger partial charge in [0.15, 0.2) is 0 Å². The maximum absolute atomic E-state index is 6.00. The molecule has 12 heavy (non-hydrogen) atoms. The SMILES string of the molecule is Cc1cccc(Cl)c1C=CCBr. The molecule has 0 saturated carbocycles. The van der Waals surface area contributed by atoms with E-state index in [9.17, 15) is 0 Å². The fourth-order valence-electron chi connectivity index (χ4n) is 1.02. The molecular weight excluding hydrogens is 235 g/mol. The van der Waals surface area contributed by atoms with Crippen LogP contribution in [0.2, 0.25) is 5.02 Å². The van der Waals surface area contributed by atoms with Gasteiger partial charge in [-0.3, -0.25) is 0 Å². The Morgan fingerprint density at radius 1 is 1.50 bits per heavy atom. The van der Waals surface area contributed by atoms with Crippen LogP contribution in [0.1, 0.15) is 11.1 Å². The zero-order valence-electron chi connectivity index (χ0n) is 6.85. The predicted octanol–water partition coefficient (Wildman–Crippen LogP) is 4.06. The zero-order chi connectivity index (χ0) is 8.97. The van der Waals surface area contributed by atoms with Crippen LogP contribution >= 0.6 is 27.5 Å². The molecule has 0 amide bonds. The van der Waals surface area contributed by atoms with Crippen LogP contribution in [0, 0.1) is 6.92 Å². The minimum Gasteiger partial charge on any atom is -0.0883 e. The van der Waals surface area contributed by atoms with E-state index in [0.717, 1.165) is 15.9 Å². The van der Waals surface area contributed by atoms with Crippen LogP contribution in [0.5, 0.6) is 0 Å². The average Bonchev–Trinajstić information content (AvgIpc) is 2.04. The Kier molecular flexibility index (Phi) is 3.83. The van der Waals surface area contributed by atoms with E-state index >= 15 is 0 Å². The van der Waals surface area contributed by atoms with Gasteiger partial charge in [-0.05, 0) is 24.1 Å². The van der Waals surface area contributed by atoms with Crippen LogP contribution in [0.25, 0.3) is 6.08 Å². The molecule has 1 rings (SSSR count). The van der Waals surface area contributed by atoms with Crippen LogP contribution in [0.3, 0.4) is 0 Å². The van der Waals surface area contributed by atoms with Crippen LogP contribution in [0.4, 0.5) is 0 Å². The highest BCUT2D eigenvalue weighted by atomic mass is 79.9. The maximum Gasteiger partial charge on any atom is 0.0480 e. The Bertz CT molecular complexity index is 272. The number of aryl methyl sites for hydroxylation is 1. The first kappa shape index (κ1) is 9.82. The third-order valence-corrected chi connectivity index (χ3v) is 2.35. The van der Waals surface area contributed by atoms with E-state index in [2.05, 4.69) is 28.9 Å². The number of alkyl halides is 1. The van der Waals surface area contributed by atoms with Gasteiger partial charge in [-0.1, -0.05) is 51.8 Å². The summed E-state index contributed by atoms with van der Waals surface area (Å²) in [6.07, 6.45) is 4.07. The number of hydrogen-bond donors (Lipinski definition) is 0. The Hall–Kier alpha value is -0.270. The van der Waals surface area contributed by atoms with E-state index in [-0.39, 0.29) is 0 Å². The molecule has 0 fully saturated rings. The van der Waals surface area contributed by atoms with Crippen molar-refractivity contribution in [2.24, 2.45) is 0 Å². The second kappa shape index (κ2) is 4.68. The van der Waals surface area contributed by atoms with Crippen LogP contribution < -0.4 is 0 Å². The van der Waals surface area contributed by atoms with Crippen LogP contribution in [0.15, 0.2) is 24.3 Å². The van der Waals surface area contributed by atoms with Gasteiger partial charge in [-0.15, -0.1) is 0 Å². The molecule has 0 radical (unpaired) electrons. The number of hydrogen-bond acceptors (Lipinski definition) is 0. The molecule has 0 N–H and O–H groups in total. The van der Waals surface area contributed by atoms with Gasteiger partial charge in [0.25, 0.3) is 0 Å². The zero-order valence-corrected chi connectivity index (χ0v) is 9.19. The summed E-state index contributed by atoms with van der Waals surface area (Å²) in [7, 11) is 0. The molecule has 0 atom stereocenters. The summed E-state index contributed by atoms with van der Waals surface area (Å²) in [6.45, 7) is 2.06. The van der Waals surface area contributed by atoms with E-state index in [1.807, 2.05) is 24.3 Å². The number of allylic oxidation sites excluding steroid dienone is 1. The highest BCUT2D eigenvalue weighted by molar-refractivity contribution is 9.09. The molecule has 0 aliphatic heterocycles. The summed E-state index contributed by atoms with van der Waals surface area (Å²) in [5, 5.41) is 1.67. The van der Waals surface area contributed by atoms with E-state index in [0.29, 0.717) is 0 Å².